The first-order chi connectivity index (χ1) is 40.9. The van der Waals surface area contributed by atoms with E-state index in [0.29, 0.717) is 13.0 Å². The van der Waals surface area contributed by atoms with E-state index in [2.05, 4.69) is 33.5 Å². The van der Waals surface area contributed by atoms with Crippen molar-refractivity contribution in [1.82, 2.24) is 36.4 Å². The number of fused-ring (bicyclic) bond motifs is 2. The van der Waals surface area contributed by atoms with E-state index in [1.807, 2.05) is 48.5 Å². The Hall–Kier alpha value is -7.75. The molecule has 7 rings (SSSR count). The molecule has 25 heteroatoms. The highest BCUT2D eigenvalue weighted by atomic mass is 16.5. The van der Waals surface area contributed by atoms with Crippen molar-refractivity contribution in [3.63, 3.8) is 0 Å². The minimum Gasteiger partial charge on any atom is -0.506 e. The van der Waals surface area contributed by atoms with Crippen LogP contribution in [0.5, 0.6) is 11.5 Å². The van der Waals surface area contributed by atoms with Gasteiger partial charge in [-0.25, -0.2) is 0 Å². The minimum atomic E-state index is -2.34. The Labute approximate surface area is 497 Å². The Bertz CT molecular complexity index is 3000. The Kier molecular flexibility index (Phi) is 22.6. The number of carbonyl (C=O) groups excluding carboxylic acids is 7. The van der Waals surface area contributed by atoms with E-state index in [1.54, 1.807) is 19.1 Å². The lowest BCUT2D eigenvalue weighted by Gasteiger charge is -2.34. The zero-order valence-electron chi connectivity index (χ0n) is 48.6. The van der Waals surface area contributed by atoms with Crippen LogP contribution in [0.4, 0.5) is 5.69 Å². The SMILES string of the molecule is CCCCCOc1ccc(-c2ccc(-c3ccc(C(=O)N[C@H]4C[C@@H](O)[C@@H](OCCC)NC(=O)C5C(O)[C@@H](C)CN5C(=O)[C@H]([C@@H](C)O)NC(=O)C(C(O)[C@@H](O)c5ccc(O)c(N)c5)NC(=O)[C@@H]5C[C@@H](O)CN5C(=O)[C@H]([C@@H](C)O)NC4=O)cc3)cc2)cc1. The second kappa shape index (κ2) is 29.6. The number of amides is 7. The van der Waals surface area contributed by atoms with Gasteiger partial charge in [0.1, 0.15) is 66.1 Å². The molecule has 4 aromatic rings. The summed E-state index contributed by atoms with van der Waals surface area (Å²) in [5.74, 6) is -8.50. The number of nitrogens with two attached hydrogens (primary N) is 1. The maximum atomic E-state index is 14.7. The minimum absolute atomic E-state index is 0.0443. The fourth-order valence-electron chi connectivity index (χ4n) is 10.7. The molecule has 3 saturated heterocycles. The van der Waals surface area contributed by atoms with Gasteiger partial charge in [0.05, 0.1) is 36.7 Å². The van der Waals surface area contributed by atoms with Crippen LogP contribution in [-0.2, 0) is 33.5 Å². The van der Waals surface area contributed by atoms with Crippen molar-refractivity contribution < 1.29 is 83.9 Å². The van der Waals surface area contributed by atoms with E-state index in [-0.39, 0.29) is 30.0 Å². The summed E-state index contributed by atoms with van der Waals surface area (Å²) in [6.07, 6.45) is -12.4. The first kappa shape index (κ1) is 65.8. The second-order valence-electron chi connectivity index (χ2n) is 22.4. The molecule has 3 aliphatic rings. The molecule has 86 heavy (non-hydrogen) atoms. The Morgan fingerprint density at radius 3 is 1.79 bits per heavy atom. The maximum absolute atomic E-state index is 14.7. The van der Waals surface area contributed by atoms with Gasteiger partial charge in [-0.05, 0) is 90.9 Å². The summed E-state index contributed by atoms with van der Waals surface area (Å²) in [5.41, 5.74) is 8.96. The summed E-state index contributed by atoms with van der Waals surface area (Å²) in [6.45, 7) is 7.21. The number of nitrogens with one attached hydrogen (secondary N) is 5. The topological polar surface area (TPSA) is 392 Å². The van der Waals surface area contributed by atoms with Crippen molar-refractivity contribution >= 4 is 47.0 Å². The standard InChI is InChI=1S/C61H80N8O17/c1-6-8-9-25-85-41-21-18-37(19-22-41)35-12-10-34(11-13-35)36-14-16-38(17-15-36)54(78)63-43-28-46(74)59(86-24-7-2)67-58(82)50-51(75)31(3)29-69(50)61(84)48(33(5)71)65-57(81)49(53(77)52(76)39-20-23-45(73)42(62)26-39)66-56(80)44-27-40(72)30-68(44)60(83)47(32(4)70)64-55(43)79/h10-23,26,31-33,40,43-44,46-53,59,70-77H,6-9,24-25,27-30,62H2,1-5H3,(H,63,78)(H,64,79)(H,65,81)(H,66,80)(H,67,82)/t31-,32+,33+,40+,43-,44-,46+,47-,48-,49?,50?,51?,52-,53?,59+/m0/s1. The van der Waals surface area contributed by atoms with Crippen LogP contribution in [0.3, 0.4) is 0 Å². The van der Waals surface area contributed by atoms with Gasteiger partial charge >= 0.3 is 0 Å². The quantitative estimate of drug-likeness (QED) is 0.0378. The summed E-state index contributed by atoms with van der Waals surface area (Å²) in [4.78, 5) is 103. The number of nitrogen functional groups attached to an aromatic ring is 1. The molecule has 0 spiro atoms. The third kappa shape index (κ3) is 15.8. The van der Waals surface area contributed by atoms with Gasteiger partial charge in [0.15, 0.2) is 6.23 Å². The van der Waals surface area contributed by atoms with E-state index >= 15 is 0 Å². The van der Waals surface area contributed by atoms with Crippen LogP contribution in [-0.4, -0.2) is 197 Å². The highest BCUT2D eigenvalue weighted by molar-refractivity contribution is 6.00. The molecule has 3 aliphatic heterocycles. The first-order valence-corrected chi connectivity index (χ1v) is 29.0. The molecule has 4 aromatic carbocycles. The number of unbranched alkanes of at least 4 members (excludes halogenated alkanes) is 2. The van der Waals surface area contributed by atoms with E-state index in [0.717, 1.165) is 89.1 Å². The molecule has 466 valence electrons. The number of rotatable bonds is 17. The van der Waals surface area contributed by atoms with Gasteiger partial charge in [-0.3, -0.25) is 33.6 Å². The molecule has 3 fully saturated rings. The highest BCUT2D eigenvalue weighted by Gasteiger charge is 2.50. The number of nitrogens with zero attached hydrogens (tertiary/aromatic N) is 2. The summed E-state index contributed by atoms with van der Waals surface area (Å²) in [6, 6.07) is 13.7. The third-order valence-corrected chi connectivity index (χ3v) is 15.7. The van der Waals surface area contributed by atoms with Crippen LogP contribution in [0.2, 0.25) is 0 Å². The monoisotopic (exact) mass is 1200 g/mol. The number of benzene rings is 4. The molecule has 0 aromatic heterocycles. The van der Waals surface area contributed by atoms with Crippen LogP contribution in [0.25, 0.3) is 22.3 Å². The lowest BCUT2D eigenvalue weighted by Crippen LogP contribution is -2.64. The van der Waals surface area contributed by atoms with Crippen molar-refractivity contribution in [3.05, 3.63) is 102 Å². The summed E-state index contributed by atoms with van der Waals surface area (Å²) in [7, 11) is 0. The summed E-state index contributed by atoms with van der Waals surface area (Å²) < 4.78 is 11.8. The molecule has 15 atom stereocenters. The molecular formula is C61H80N8O17. The van der Waals surface area contributed by atoms with E-state index in [9.17, 15) is 74.4 Å². The molecule has 7 amide bonds. The van der Waals surface area contributed by atoms with Crippen molar-refractivity contribution in [2.75, 3.05) is 32.0 Å². The molecule has 15 N–H and O–H groups in total. The molecule has 4 unspecified atom stereocenters. The Morgan fingerprint density at radius 1 is 0.663 bits per heavy atom. The normalized spacial score (nSPS) is 26.8. The van der Waals surface area contributed by atoms with Gasteiger partial charge in [-0.2, -0.15) is 0 Å². The molecule has 0 radical (unpaired) electrons. The number of phenolic OH excluding ortho intramolecular Hbond substituents is 1. The number of hydrogen-bond donors (Lipinski definition) is 14. The van der Waals surface area contributed by atoms with E-state index < -0.39 is 158 Å². The Morgan fingerprint density at radius 2 is 1.22 bits per heavy atom. The zero-order valence-corrected chi connectivity index (χ0v) is 48.6. The van der Waals surface area contributed by atoms with E-state index in [4.69, 9.17) is 15.2 Å². The van der Waals surface area contributed by atoms with Gasteiger partial charge in [0.25, 0.3) is 5.91 Å². The molecule has 0 bridgehead atoms. The second-order valence-corrected chi connectivity index (χ2v) is 22.4. The van der Waals surface area contributed by atoms with Gasteiger partial charge in [0.2, 0.25) is 35.4 Å². The fraction of sp³-hybridized carbons (Fsp3) is 0.492. The van der Waals surface area contributed by atoms with Gasteiger partial charge in [0, 0.05) is 44.0 Å². The van der Waals surface area contributed by atoms with Gasteiger partial charge in [-0.1, -0.05) is 88.2 Å². The predicted molar refractivity (Wildman–Crippen MR) is 312 cm³/mol. The van der Waals surface area contributed by atoms with Crippen molar-refractivity contribution in [2.24, 2.45) is 5.92 Å². The lowest BCUT2D eigenvalue weighted by atomic mass is 9.96. The van der Waals surface area contributed by atoms with Crippen molar-refractivity contribution in [2.45, 2.75) is 158 Å². The number of aliphatic hydroxyl groups is 7. The number of anilines is 1. The van der Waals surface area contributed by atoms with Crippen molar-refractivity contribution in [1.29, 1.82) is 0 Å². The molecule has 25 nitrogen and oxygen atoms in total. The van der Waals surface area contributed by atoms with Crippen LogP contribution in [0.15, 0.2) is 91.0 Å². The smallest absolute Gasteiger partial charge is 0.251 e. The van der Waals surface area contributed by atoms with Crippen molar-refractivity contribution in [3.8, 4) is 33.8 Å². The zero-order chi connectivity index (χ0) is 62.7. The molecular weight excluding hydrogens is 1120 g/mol. The largest absolute Gasteiger partial charge is 0.506 e. The molecule has 0 saturated carbocycles. The first-order valence-electron chi connectivity index (χ1n) is 29.0. The summed E-state index contributed by atoms with van der Waals surface area (Å²) >= 11 is 0. The van der Waals surface area contributed by atoms with Crippen LogP contribution in [0.1, 0.15) is 95.2 Å². The van der Waals surface area contributed by atoms with Gasteiger partial charge < -0.3 is 92.4 Å². The van der Waals surface area contributed by atoms with Crippen LogP contribution >= 0.6 is 0 Å². The van der Waals surface area contributed by atoms with E-state index in [1.165, 1.54) is 19.1 Å². The van der Waals surface area contributed by atoms with Gasteiger partial charge in [-0.15, -0.1) is 0 Å². The number of hydrogen-bond acceptors (Lipinski definition) is 18. The number of aliphatic hydroxyl groups excluding tert-OH is 7. The molecule has 0 aliphatic carbocycles. The number of phenols is 1. The van der Waals surface area contributed by atoms with Crippen LogP contribution in [0, 0.1) is 5.92 Å². The van der Waals surface area contributed by atoms with Crippen LogP contribution < -0.4 is 37.1 Å². The lowest BCUT2D eigenvalue weighted by molar-refractivity contribution is -0.149. The highest BCUT2D eigenvalue weighted by Crippen LogP contribution is 2.31. The average Bonchev–Trinajstić information content (AvgIpc) is 1.94. The predicted octanol–water partition coefficient (Wildman–Crippen LogP) is 0.0894. The summed E-state index contributed by atoms with van der Waals surface area (Å²) in [5, 5.41) is 102. The average molecular weight is 1200 g/mol. The maximum Gasteiger partial charge on any atom is 0.251 e. The Balaban J connectivity index is 1.21. The molecule has 3 heterocycles. The number of ether oxygens (including phenoxy) is 2. The number of carbonyl (C=O) groups is 7. The fourth-order valence-corrected chi connectivity index (χ4v) is 10.7. The third-order valence-electron chi connectivity index (χ3n) is 15.7. The number of aromatic hydroxyl groups is 1.